The fourth-order valence-electron chi connectivity index (χ4n) is 2.77. The Bertz CT molecular complexity index is 719. The van der Waals surface area contributed by atoms with Gasteiger partial charge in [0.2, 0.25) is 0 Å². The van der Waals surface area contributed by atoms with E-state index in [0.717, 1.165) is 0 Å². The number of nitrogens with zero attached hydrogens (tertiary/aromatic N) is 1. The molecule has 4 atom stereocenters. The monoisotopic (exact) mass is 308 g/mol. The highest BCUT2D eigenvalue weighted by atomic mass is 16.8. The van der Waals surface area contributed by atoms with Gasteiger partial charge in [0.15, 0.2) is 12.0 Å². The van der Waals surface area contributed by atoms with E-state index < -0.39 is 41.6 Å². The molecule has 0 amide bonds. The zero-order valence-electron chi connectivity index (χ0n) is 12.1. The van der Waals surface area contributed by atoms with Gasteiger partial charge < -0.3 is 14.2 Å². The molecule has 8 heteroatoms. The van der Waals surface area contributed by atoms with Crippen LogP contribution >= 0.6 is 0 Å². The minimum absolute atomic E-state index is 0.449. The molecule has 1 aromatic rings. The summed E-state index contributed by atoms with van der Waals surface area (Å²) in [7, 11) is 0. The van der Waals surface area contributed by atoms with Crippen LogP contribution in [0.3, 0.4) is 0 Å². The van der Waals surface area contributed by atoms with E-state index in [9.17, 15) is 14.4 Å². The van der Waals surface area contributed by atoms with Crippen molar-refractivity contribution in [2.24, 2.45) is 0 Å². The second kappa shape index (κ2) is 5.31. The maximum absolute atomic E-state index is 12.0. The highest BCUT2D eigenvalue weighted by Crippen LogP contribution is 2.42. The van der Waals surface area contributed by atoms with Crippen molar-refractivity contribution in [2.45, 2.75) is 44.2 Å². The number of hydrogen-bond donors (Lipinski definition) is 1. The first-order valence-corrected chi connectivity index (χ1v) is 6.86. The third-order valence-corrected chi connectivity index (χ3v) is 3.57. The van der Waals surface area contributed by atoms with Crippen LogP contribution in [0.2, 0.25) is 0 Å². The molecule has 2 saturated heterocycles. The summed E-state index contributed by atoms with van der Waals surface area (Å²) in [6, 6.07) is 1.23. The number of aldehydes is 1. The summed E-state index contributed by atoms with van der Waals surface area (Å²) >= 11 is 0. The van der Waals surface area contributed by atoms with Gasteiger partial charge in [-0.05, 0) is 26.0 Å². The van der Waals surface area contributed by atoms with E-state index in [1.54, 1.807) is 19.9 Å². The molecule has 2 aliphatic rings. The van der Waals surface area contributed by atoms with Crippen molar-refractivity contribution < 1.29 is 19.0 Å². The van der Waals surface area contributed by atoms with E-state index in [2.05, 4.69) is 4.98 Å². The van der Waals surface area contributed by atoms with Crippen LogP contribution in [0.15, 0.2) is 34.0 Å². The van der Waals surface area contributed by atoms with E-state index in [1.165, 1.54) is 22.9 Å². The first-order valence-electron chi connectivity index (χ1n) is 6.86. The fourth-order valence-corrected chi connectivity index (χ4v) is 2.77. The van der Waals surface area contributed by atoms with Gasteiger partial charge >= 0.3 is 5.69 Å². The van der Waals surface area contributed by atoms with Crippen LogP contribution in [-0.2, 0) is 19.0 Å². The van der Waals surface area contributed by atoms with Crippen molar-refractivity contribution in [1.82, 2.24) is 9.55 Å². The smallest absolute Gasteiger partial charge is 0.330 e. The molecular weight excluding hydrogens is 292 g/mol. The molecule has 3 rings (SSSR count). The Hall–Kier alpha value is -2.03. The van der Waals surface area contributed by atoms with E-state index in [4.69, 9.17) is 14.2 Å². The van der Waals surface area contributed by atoms with Crippen molar-refractivity contribution in [2.75, 3.05) is 0 Å². The average Bonchev–Trinajstić information content (AvgIpc) is 2.91. The van der Waals surface area contributed by atoms with Gasteiger partial charge in [-0.15, -0.1) is 0 Å². The molecule has 2 fully saturated rings. The topological polar surface area (TPSA) is 99.6 Å². The molecule has 2 aliphatic heterocycles. The lowest BCUT2D eigenvalue weighted by Gasteiger charge is -2.23. The predicted molar refractivity (Wildman–Crippen MR) is 74.3 cm³/mol. The molecule has 1 N–H and O–H groups in total. The normalized spacial score (nSPS) is 33.2. The van der Waals surface area contributed by atoms with E-state index in [-0.39, 0.29) is 0 Å². The Morgan fingerprint density at radius 2 is 2.00 bits per heavy atom. The lowest BCUT2D eigenvalue weighted by Crippen LogP contribution is -2.37. The van der Waals surface area contributed by atoms with Gasteiger partial charge in [-0.25, -0.2) is 4.79 Å². The standard InChI is InChI=1S/C14H16N2O6/c1-14(2)21-10-8(4-3-7-17)20-12(11(10)22-14)16-6-5-9(18)15-13(16)19/h3-8,10-12H,1-2H3,(H,15,18,19)/b4-3+/t8-,10-,11-,12-/m1/s1. The highest BCUT2D eigenvalue weighted by molar-refractivity contribution is 5.64. The summed E-state index contributed by atoms with van der Waals surface area (Å²) in [5.74, 6) is -0.823. The lowest BCUT2D eigenvalue weighted by molar-refractivity contribution is -0.192. The van der Waals surface area contributed by atoms with Crippen molar-refractivity contribution in [3.8, 4) is 0 Å². The molecule has 0 aromatic carbocycles. The number of nitrogens with one attached hydrogen (secondary N) is 1. The predicted octanol–water partition coefficient (Wildman–Crippen LogP) is -0.291. The Balaban J connectivity index is 1.98. The quantitative estimate of drug-likeness (QED) is 0.608. The molecule has 0 spiro atoms. The Kier molecular flexibility index (Phi) is 3.59. The largest absolute Gasteiger partial charge is 0.345 e. The van der Waals surface area contributed by atoms with E-state index >= 15 is 0 Å². The van der Waals surface area contributed by atoms with Gasteiger partial charge in [0, 0.05) is 12.3 Å². The van der Waals surface area contributed by atoms with Gasteiger partial charge in [-0.1, -0.05) is 0 Å². The number of ether oxygens (including phenoxy) is 3. The van der Waals surface area contributed by atoms with Crippen molar-refractivity contribution in [3.63, 3.8) is 0 Å². The third-order valence-electron chi connectivity index (χ3n) is 3.57. The van der Waals surface area contributed by atoms with Crippen molar-refractivity contribution in [1.29, 1.82) is 0 Å². The minimum Gasteiger partial charge on any atom is -0.345 e. The van der Waals surface area contributed by atoms with Crippen LogP contribution < -0.4 is 11.2 Å². The fraction of sp³-hybridized carbons (Fsp3) is 0.500. The molecule has 3 heterocycles. The van der Waals surface area contributed by atoms with E-state index in [1.807, 2.05) is 0 Å². The molecular formula is C14H16N2O6. The summed E-state index contributed by atoms with van der Waals surface area (Å²) in [6.07, 6.45) is 2.61. The first-order chi connectivity index (χ1) is 10.4. The zero-order valence-corrected chi connectivity index (χ0v) is 12.1. The van der Waals surface area contributed by atoms with Crippen LogP contribution in [0.5, 0.6) is 0 Å². The molecule has 0 radical (unpaired) electrons. The minimum atomic E-state index is -0.823. The van der Waals surface area contributed by atoms with Crippen LogP contribution in [0, 0.1) is 0 Å². The summed E-state index contributed by atoms with van der Waals surface area (Å²) in [4.78, 5) is 35.8. The third kappa shape index (κ3) is 2.56. The number of rotatable bonds is 3. The molecule has 0 saturated carbocycles. The SMILES string of the molecule is CC1(C)O[C@@H]2[C@H](O1)[C@@H](/C=C/C=O)O[C@H]2n1ccc(=O)[nH]c1=O. The number of carbonyl (C=O) groups excluding carboxylic acids is 1. The van der Waals surface area contributed by atoms with Crippen LogP contribution in [0.4, 0.5) is 0 Å². The molecule has 0 bridgehead atoms. The zero-order chi connectivity index (χ0) is 15.9. The number of allylic oxidation sites excluding steroid dienone is 1. The summed E-state index contributed by atoms with van der Waals surface area (Å²) < 4.78 is 18.6. The molecule has 0 aliphatic carbocycles. The molecule has 8 nitrogen and oxygen atoms in total. The van der Waals surface area contributed by atoms with Crippen LogP contribution in [0.1, 0.15) is 20.1 Å². The van der Waals surface area contributed by atoms with Gasteiger partial charge in [0.05, 0.1) is 0 Å². The first kappa shape index (κ1) is 14.9. The van der Waals surface area contributed by atoms with Gasteiger partial charge in [-0.2, -0.15) is 0 Å². The van der Waals surface area contributed by atoms with E-state index in [0.29, 0.717) is 6.29 Å². The summed E-state index contributed by atoms with van der Waals surface area (Å²) in [5.41, 5.74) is -1.08. The highest BCUT2D eigenvalue weighted by Gasteiger charge is 2.55. The van der Waals surface area contributed by atoms with Gasteiger partial charge in [-0.3, -0.25) is 19.1 Å². The van der Waals surface area contributed by atoms with Crippen molar-refractivity contribution in [3.05, 3.63) is 45.3 Å². The maximum atomic E-state index is 12.0. The summed E-state index contributed by atoms with van der Waals surface area (Å²) in [5, 5.41) is 0. The second-order valence-electron chi connectivity index (χ2n) is 5.59. The maximum Gasteiger partial charge on any atom is 0.330 e. The molecule has 0 unspecified atom stereocenters. The van der Waals surface area contributed by atoms with Crippen LogP contribution in [-0.4, -0.2) is 39.9 Å². The number of hydrogen-bond acceptors (Lipinski definition) is 6. The number of aromatic nitrogens is 2. The van der Waals surface area contributed by atoms with Crippen molar-refractivity contribution >= 4 is 6.29 Å². The Morgan fingerprint density at radius 3 is 2.68 bits per heavy atom. The Morgan fingerprint density at radius 1 is 1.27 bits per heavy atom. The number of fused-ring (bicyclic) bond motifs is 1. The lowest BCUT2D eigenvalue weighted by atomic mass is 10.1. The van der Waals surface area contributed by atoms with Crippen LogP contribution in [0.25, 0.3) is 0 Å². The molecule has 22 heavy (non-hydrogen) atoms. The number of carbonyl (C=O) groups is 1. The Labute approximate surface area is 125 Å². The van der Waals surface area contributed by atoms with Gasteiger partial charge in [0.25, 0.3) is 5.56 Å². The molecule has 118 valence electrons. The second-order valence-corrected chi connectivity index (χ2v) is 5.59. The summed E-state index contributed by atoms with van der Waals surface area (Å²) in [6.45, 7) is 3.52. The van der Waals surface area contributed by atoms with Gasteiger partial charge in [0.1, 0.15) is 24.6 Å². The molecule has 1 aromatic heterocycles. The number of H-pyrrole nitrogens is 1. The number of aromatic amines is 1. The average molecular weight is 308 g/mol.